The van der Waals surface area contributed by atoms with Crippen LogP contribution in [0.5, 0.6) is 5.75 Å². The topological polar surface area (TPSA) is 46.2 Å². The highest BCUT2D eigenvalue weighted by molar-refractivity contribution is 5.41. The highest BCUT2D eigenvalue weighted by atomic mass is 16.3. The van der Waals surface area contributed by atoms with Crippen molar-refractivity contribution >= 4 is 0 Å². The van der Waals surface area contributed by atoms with Crippen LogP contribution in [-0.2, 0) is 5.41 Å². The number of phenolic OH excluding ortho intramolecular Hbond substituents is 1. The maximum atomic E-state index is 9.43. The molecule has 0 aliphatic heterocycles. The molecule has 0 spiro atoms. The van der Waals surface area contributed by atoms with E-state index in [0.717, 1.165) is 6.42 Å². The van der Waals surface area contributed by atoms with Crippen molar-refractivity contribution in [3.8, 4) is 5.75 Å². The van der Waals surface area contributed by atoms with E-state index < -0.39 is 0 Å². The highest BCUT2D eigenvalue weighted by Crippen LogP contribution is 2.63. The lowest BCUT2D eigenvalue weighted by Crippen LogP contribution is -2.25. The van der Waals surface area contributed by atoms with Gasteiger partial charge in [0.2, 0.25) is 0 Å². The van der Waals surface area contributed by atoms with E-state index in [9.17, 15) is 5.11 Å². The number of hydrogen-bond acceptors (Lipinski definition) is 2. The fourth-order valence-corrected chi connectivity index (χ4v) is 2.47. The lowest BCUT2D eigenvalue weighted by Gasteiger charge is -2.19. The van der Waals surface area contributed by atoms with Crippen LogP contribution < -0.4 is 5.73 Å². The summed E-state index contributed by atoms with van der Waals surface area (Å²) in [5.41, 5.74) is 7.38. The molecule has 2 rings (SSSR count). The molecule has 1 atom stereocenters. The van der Waals surface area contributed by atoms with Crippen molar-refractivity contribution < 1.29 is 5.11 Å². The van der Waals surface area contributed by atoms with Crippen LogP contribution in [0.25, 0.3) is 0 Å². The Kier molecular flexibility index (Phi) is 1.86. The van der Waals surface area contributed by atoms with Crippen molar-refractivity contribution in [2.24, 2.45) is 11.1 Å². The summed E-state index contributed by atoms with van der Waals surface area (Å²) in [5.74, 6) is 0.332. The maximum absolute atomic E-state index is 9.43. The Bertz CT molecular complexity index is 359. The zero-order valence-corrected chi connectivity index (χ0v) is 8.75. The van der Waals surface area contributed by atoms with Gasteiger partial charge >= 0.3 is 0 Å². The van der Waals surface area contributed by atoms with Gasteiger partial charge in [-0.15, -0.1) is 0 Å². The van der Waals surface area contributed by atoms with Gasteiger partial charge in [-0.05, 0) is 29.5 Å². The molecule has 0 aromatic heterocycles. The Balaban J connectivity index is 2.40. The molecule has 0 amide bonds. The Morgan fingerprint density at radius 2 is 2.07 bits per heavy atom. The summed E-state index contributed by atoms with van der Waals surface area (Å²) in [4.78, 5) is 0. The highest BCUT2D eigenvalue weighted by Gasteiger charge is 2.60. The number of phenols is 1. The fraction of sp³-hybridized carbons (Fsp3) is 0.500. The first-order chi connectivity index (χ1) is 6.52. The summed E-state index contributed by atoms with van der Waals surface area (Å²) < 4.78 is 0. The third kappa shape index (κ3) is 1.14. The molecule has 76 valence electrons. The molecule has 0 radical (unpaired) electrons. The Morgan fingerprint density at radius 3 is 2.50 bits per heavy atom. The molecule has 1 aliphatic rings. The quantitative estimate of drug-likeness (QED) is 0.751. The standard InChI is InChI=1S/C12H17NO/c1-11(2)7-12(11,8-13)9-4-3-5-10(14)6-9/h3-6,14H,7-8,13H2,1-2H3. The summed E-state index contributed by atoms with van der Waals surface area (Å²) in [6.07, 6.45) is 1.11. The van der Waals surface area contributed by atoms with Crippen molar-refractivity contribution in [2.75, 3.05) is 6.54 Å². The van der Waals surface area contributed by atoms with Gasteiger partial charge < -0.3 is 10.8 Å². The zero-order chi connectivity index (χ0) is 10.4. The largest absolute Gasteiger partial charge is 0.508 e. The van der Waals surface area contributed by atoms with Crippen LogP contribution in [0.4, 0.5) is 0 Å². The second-order valence-corrected chi connectivity index (χ2v) is 4.90. The third-order valence-corrected chi connectivity index (χ3v) is 3.66. The molecule has 1 aromatic carbocycles. The summed E-state index contributed by atoms with van der Waals surface area (Å²) in [7, 11) is 0. The first-order valence-electron chi connectivity index (χ1n) is 5.01. The molecule has 0 bridgehead atoms. The van der Waals surface area contributed by atoms with E-state index in [1.54, 1.807) is 6.07 Å². The molecule has 1 aliphatic carbocycles. The average Bonchev–Trinajstić information content (AvgIpc) is 2.70. The van der Waals surface area contributed by atoms with Crippen LogP contribution in [0.2, 0.25) is 0 Å². The molecule has 1 saturated carbocycles. The molecule has 2 heteroatoms. The molecule has 0 heterocycles. The van der Waals surface area contributed by atoms with Crippen LogP contribution in [0.1, 0.15) is 25.8 Å². The second kappa shape index (κ2) is 2.74. The van der Waals surface area contributed by atoms with Crippen molar-refractivity contribution in [1.82, 2.24) is 0 Å². The number of nitrogens with two attached hydrogens (primary N) is 1. The normalized spacial score (nSPS) is 28.8. The van der Waals surface area contributed by atoms with Gasteiger partial charge in [-0.3, -0.25) is 0 Å². The molecular weight excluding hydrogens is 174 g/mol. The zero-order valence-electron chi connectivity index (χ0n) is 8.75. The summed E-state index contributed by atoms with van der Waals surface area (Å²) in [6.45, 7) is 5.11. The van der Waals surface area contributed by atoms with Gasteiger partial charge in [0.15, 0.2) is 0 Å². The first kappa shape index (κ1) is 9.53. The lowest BCUT2D eigenvalue weighted by molar-refractivity contribution is 0.467. The third-order valence-electron chi connectivity index (χ3n) is 3.66. The molecule has 1 fully saturated rings. The van der Waals surface area contributed by atoms with Gasteiger partial charge in [-0.2, -0.15) is 0 Å². The Hall–Kier alpha value is -1.02. The molecular formula is C12H17NO. The van der Waals surface area contributed by atoms with Gasteiger partial charge in [0.05, 0.1) is 0 Å². The molecule has 0 saturated heterocycles. The molecule has 14 heavy (non-hydrogen) atoms. The van der Waals surface area contributed by atoms with Gasteiger partial charge in [0, 0.05) is 12.0 Å². The Morgan fingerprint density at radius 1 is 1.43 bits per heavy atom. The van der Waals surface area contributed by atoms with E-state index in [2.05, 4.69) is 19.9 Å². The number of rotatable bonds is 2. The van der Waals surface area contributed by atoms with Gasteiger partial charge in [0.1, 0.15) is 5.75 Å². The number of aromatic hydroxyl groups is 1. The minimum absolute atomic E-state index is 0.0890. The van der Waals surface area contributed by atoms with Crippen LogP contribution in [0.15, 0.2) is 24.3 Å². The maximum Gasteiger partial charge on any atom is 0.115 e. The van der Waals surface area contributed by atoms with Crippen LogP contribution in [0.3, 0.4) is 0 Å². The SMILES string of the molecule is CC1(C)CC1(CN)c1cccc(O)c1. The molecule has 3 N–H and O–H groups in total. The van der Waals surface area contributed by atoms with Crippen LogP contribution in [0, 0.1) is 5.41 Å². The fourth-order valence-electron chi connectivity index (χ4n) is 2.47. The monoisotopic (exact) mass is 191 g/mol. The average molecular weight is 191 g/mol. The smallest absolute Gasteiger partial charge is 0.115 e. The second-order valence-electron chi connectivity index (χ2n) is 4.90. The van der Waals surface area contributed by atoms with Crippen molar-refractivity contribution in [3.05, 3.63) is 29.8 Å². The van der Waals surface area contributed by atoms with Crippen molar-refractivity contribution in [3.63, 3.8) is 0 Å². The van der Waals surface area contributed by atoms with E-state index in [1.807, 2.05) is 12.1 Å². The van der Waals surface area contributed by atoms with Gasteiger partial charge in [-0.1, -0.05) is 26.0 Å². The predicted octanol–water partition coefficient (Wildman–Crippen LogP) is 2.02. The van der Waals surface area contributed by atoms with Gasteiger partial charge in [0.25, 0.3) is 0 Å². The van der Waals surface area contributed by atoms with Crippen molar-refractivity contribution in [2.45, 2.75) is 25.7 Å². The van der Waals surface area contributed by atoms with E-state index in [1.165, 1.54) is 5.56 Å². The molecule has 1 aromatic rings. The predicted molar refractivity (Wildman–Crippen MR) is 57.2 cm³/mol. The first-order valence-corrected chi connectivity index (χ1v) is 5.01. The Labute approximate surface area is 84.7 Å². The number of benzene rings is 1. The minimum Gasteiger partial charge on any atom is -0.508 e. The molecule has 1 unspecified atom stereocenters. The van der Waals surface area contributed by atoms with Crippen molar-refractivity contribution in [1.29, 1.82) is 0 Å². The van der Waals surface area contributed by atoms with E-state index in [0.29, 0.717) is 12.3 Å². The van der Waals surface area contributed by atoms with E-state index >= 15 is 0 Å². The van der Waals surface area contributed by atoms with Gasteiger partial charge in [-0.25, -0.2) is 0 Å². The minimum atomic E-state index is 0.0890. The summed E-state index contributed by atoms with van der Waals surface area (Å²) in [6, 6.07) is 7.47. The lowest BCUT2D eigenvalue weighted by atomic mass is 9.88. The van der Waals surface area contributed by atoms with E-state index in [4.69, 9.17) is 5.73 Å². The summed E-state index contributed by atoms with van der Waals surface area (Å²) >= 11 is 0. The van der Waals surface area contributed by atoms with Crippen LogP contribution >= 0.6 is 0 Å². The van der Waals surface area contributed by atoms with E-state index in [-0.39, 0.29) is 10.8 Å². The molecule has 2 nitrogen and oxygen atoms in total. The van der Waals surface area contributed by atoms with Crippen LogP contribution in [-0.4, -0.2) is 11.7 Å². The number of hydrogen-bond donors (Lipinski definition) is 2. The summed E-state index contributed by atoms with van der Waals surface area (Å²) in [5, 5.41) is 9.43.